The molecular weight excluding hydrogens is 198 g/mol. The van der Waals surface area contributed by atoms with Crippen molar-refractivity contribution in [1.29, 1.82) is 5.26 Å². The van der Waals surface area contributed by atoms with E-state index >= 15 is 0 Å². The van der Waals surface area contributed by atoms with Crippen LogP contribution in [0, 0.1) is 29.1 Å². The highest BCUT2D eigenvalue weighted by Gasteiger charge is 2.29. The summed E-state index contributed by atoms with van der Waals surface area (Å²) in [6, 6.07) is 2.37. The first-order valence-electron chi connectivity index (χ1n) is 6.47. The highest BCUT2D eigenvalue weighted by molar-refractivity contribution is 4.95. The van der Waals surface area contributed by atoms with Crippen molar-refractivity contribution >= 4 is 0 Å². The van der Waals surface area contributed by atoms with E-state index in [0.717, 1.165) is 38.2 Å². The summed E-state index contributed by atoms with van der Waals surface area (Å²) < 4.78 is 5.96. The van der Waals surface area contributed by atoms with Gasteiger partial charge in [0.05, 0.1) is 24.7 Å². The number of ether oxygens (including phenoxy) is 1. The van der Waals surface area contributed by atoms with Gasteiger partial charge in [-0.2, -0.15) is 5.26 Å². The normalized spacial score (nSPS) is 38.5. The average molecular weight is 219 g/mol. The number of hydrogen-bond acceptors (Lipinski definition) is 2. The molecule has 2 rings (SSSR count). The Labute approximate surface area is 98.3 Å². The Morgan fingerprint density at radius 2 is 2.12 bits per heavy atom. The molecule has 2 nitrogen and oxygen atoms in total. The lowest BCUT2D eigenvalue weighted by Crippen LogP contribution is -2.25. The van der Waals surface area contributed by atoms with Crippen molar-refractivity contribution in [2.24, 2.45) is 17.8 Å². The van der Waals surface area contributed by atoms with E-state index in [1.165, 1.54) is 6.42 Å². The van der Waals surface area contributed by atoms with Gasteiger partial charge in [-0.15, -0.1) is 0 Å². The zero-order valence-corrected chi connectivity index (χ0v) is 10.1. The lowest BCUT2D eigenvalue weighted by Gasteiger charge is -2.27. The molecule has 4 atom stereocenters. The molecule has 1 saturated carbocycles. The van der Waals surface area contributed by atoms with Crippen molar-refractivity contribution in [3.8, 4) is 6.07 Å². The molecule has 16 heavy (non-hydrogen) atoms. The van der Waals surface area contributed by atoms with Crippen LogP contribution in [-0.4, -0.2) is 12.7 Å². The first-order valence-corrected chi connectivity index (χ1v) is 6.47. The third kappa shape index (κ3) is 2.65. The largest absolute Gasteiger partial charge is 0.377 e. The van der Waals surface area contributed by atoms with Crippen molar-refractivity contribution < 1.29 is 4.74 Å². The molecule has 0 bridgehead atoms. The van der Waals surface area contributed by atoms with Crippen LogP contribution in [0.3, 0.4) is 0 Å². The standard InChI is InChI=1S/C14H21NO/c1-11-5-2-3-6-13(11)10-16-14-8-4-7-12(14)9-15/h2-3,11-14H,4-8,10H2,1H3. The Morgan fingerprint density at radius 3 is 2.88 bits per heavy atom. The van der Waals surface area contributed by atoms with Crippen LogP contribution in [0.25, 0.3) is 0 Å². The molecule has 0 saturated heterocycles. The molecule has 0 heterocycles. The van der Waals surface area contributed by atoms with Gasteiger partial charge >= 0.3 is 0 Å². The zero-order valence-electron chi connectivity index (χ0n) is 10.1. The van der Waals surface area contributed by atoms with E-state index in [1.54, 1.807) is 0 Å². The van der Waals surface area contributed by atoms with Gasteiger partial charge in [-0.3, -0.25) is 0 Å². The van der Waals surface area contributed by atoms with E-state index in [2.05, 4.69) is 25.1 Å². The molecule has 0 spiro atoms. The summed E-state index contributed by atoms with van der Waals surface area (Å²) in [5.74, 6) is 1.53. The number of hydrogen-bond donors (Lipinski definition) is 0. The first kappa shape index (κ1) is 11.7. The van der Waals surface area contributed by atoms with Crippen molar-refractivity contribution in [3.05, 3.63) is 12.2 Å². The molecule has 4 unspecified atom stereocenters. The monoisotopic (exact) mass is 219 g/mol. The van der Waals surface area contributed by atoms with Gasteiger partial charge in [-0.25, -0.2) is 0 Å². The van der Waals surface area contributed by atoms with E-state index in [9.17, 15) is 0 Å². The summed E-state index contributed by atoms with van der Waals surface area (Å²) >= 11 is 0. The molecule has 0 N–H and O–H groups in total. The maximum absolute atomic E-state index is 8.98. The molecule has 0 aromatic heterocycles. The summed E-state index contributed by atoms with van der Waals surface area (Å²) in [5.41, 5.74) is 0. The Balaban J connectivity index is 1.78. The van der Waals surface area contributed by atoms with Crippen LogP contribution in [0.1, 0.15) is 39.0 Å². The molecule has 1 fully saturated rings. The fraction of sp³-hybridized carbons (Fsp3) is 0.786. The van der Waals surface area contributed by atoms with Gasteiger partial charge in [0.2, 0.25) is 0 Å². The van der Waals surface area contributed by atoms with E-state index in [0.29, 0.717) is 5.92 Å². The van der Waals surface area contributed by atoms with Crippen LogP contribution in [0.5, 0.6) is 0 Å². The van der Waals surface area contributed by atoms with Gasteiger partial charge in [0.15, 0.2) is 0 Å². The average Bonchev–Trinajstić information content (AvgIpc) is 2.75. The van der Waals surface area contributed by atoms with Crippen LogP contribution in [0.15, 0.2) is 12.2 Å². The van der Waals surface area contributed by atoms with Gasteiger partial charge in [0.1, 0.15) is 0 Å². The van der Waals surface area contributed by atoms with Crippen molar-refractivity contribution in [3.63, 3.8) is 0 Å². The van der Waals surface area contributed by atoms with E-state index < -0.39 is 0 Å². The second-order valence-electron chi connectivity index (χ2n) is 5.22. The zero-order chi connectivity index (χ0) is 11.4. The van der Waals surface area contributed by atoms with Crippen LogP contribution in [0.4, 0.5) is 0 Å². The minimum atomic E-state index is 0.148. The SMILES string of the molecule is CC1CC=CCC1COC1CCCC1C#N. The summed E-state index contributed by atoms with van der Waals surface area (Å²) in [6.45, 7) is 3.14. The van der Waals surface area contributed by atoms with Gasteiger partial charge in [-0.05, 0) is 43.9 Å². The lowest BCUT2D eigenvalue weighted by atomic mass is 9.85. The Bertz CT molecular complexity index is 292. The number of nitrogens with zero attached hydrogens (tertiary/aromatic N) is 1. The van der Waals surface area contributed by atoms with Gasteiger partial charge in [0, 0.05) is 0 Å². The minimum Gasteiger partial charge on any atom is -0.377 e. The number of nitriles is 1. The summed E-state index contributed by atoms with van der Waals surface area (Å²) in [6.07, 6.45) is 10.3. The minimum absolute atomic E-state index is 0.148. The quantitative estimate of drug-likeness (QED) is 0.682. The Kier molecular flexibility index (Phi) is 4.01. The van der Waals surface area contributed by atoms with E-state index in [-0.39, 0.29) is 12.0 Å². The first-order chi connectivity index (χ1) is 7.81. The van der Waals surface area contributed by atoms with Crippen molar-refractivity contribution in [1.82, 2.24) is 0 Å². The molecule has 2 heteroatoms. The second-order valence-corrected chi connectivity index (χ2v) is 5.22. The smallest absolute Gasteiger partial charge is 0.0733 e. The highest BCUT2D eigenvalue weighted by atomic mass is 16.5. The van der Waals surface area contributed by atoms with Crippen LogP contribution < -0.4 is 0 Å². The van der Waals surface area contributed by atoms with E-state index in [4.69, 9.17) is 10.00 Å². The number of allylic oxidation sites excluding steroid dienone is 2. The molecular formula is C14H21NO. The number of rotatable bonds is 3. The highest BCUT2D eigenvalue weighted by Crippen LogP contribution is 2.30. The fourth-order valence-corrected chi connectivity index (χ4v) is 2.76. The topological polar surface area (TPSA) is 33.0 Å². The molecule has 0 aliphatic heterocycles. The van der Waals surface area contributed by atoms with Gasteiger partial charge in [0.25, 0.3) is 0 Å². The van der Waals surface area contributed by atoms with Crippen LogP contribution in [0.2, 0.25) is 0 Å². The predicted molar refractivity (Wildman–Crippen MR) is 63.7 cm³/mol. The third-order valence-electron chi connectivity index (χ3n) is 4.06. The third-order valence-corrected chi connectivity index (χ3v) is 4.06. The summed E-state index contributed by atoms with van der Waals surface area (Å²) in [7, 11) is 0. The Hall–Kier alpha value is -0.810. The molecule has 0 radical (unpaired) electrons. The molecule has 88 valence electrons. The maximum atomic E-state index is 8.98. The summed E-state index contributed by atoms with van der Waals surface area (Å²) in [4.78, 5) is 0. The Morgan fingerprint density at radius 1 is 1.31 bits per heavy atom. The predicted octanol–water partition coefficient (Wildman–Crippen LogP) is 3.30. The van der Waals surface area contributed by atoms with Crippen LogP contribution in [-0.2, 0) is 4.74 Å². The van der Waals surface area contributed by atoms with Crippen molar-refractivity contribution in [2.75, 3.05) is 6.61 Å². The molecule has 0 aromatic carbocycles. The second kappa shape index (κ2) is 5.50. The molecule has 0 amide bonds. The van der Waals surface area contributed by atoms with Gasteiger partial charge < -0.3 is 4.74 Å². The molecule has 2 aliphatic rings. The summed E-state index contributed by atoms with van der Waals surface area (Å²) in [5, 5.41) is 8.98. The van der Waals surface area contributed by atoms with Crippen molar-refractivity contribution in [2.45, 2.75) is 45.1 Å². The molecule has 0 aromatic rings. The van der Waals surface area contributed by atoms with Crippen LogP contribution >= 0.6 is 0 Å². The van der Waals surface area contributed by atoms with E-state index in [1.807, 2.05) is 0 Å². The maximum Gasteiger partial charge on any atom is 0.0733 e. The van der Waals surface area contributed by atoms with Gasteiger partial charge in [-0.1, -0.05) is 19.1 Å². The lowest BCUT2D eigenvalue weighted by molar-refractivity contribution is 0.00717. The fourth-order valence-electron chi connectivity index (χ4n) is 2.76. The molecule has 2 aliphatic carbocycles.